The summed E-state index contributed by atoms with van der Waals surface area (Å²) in [6.07, 6.45) is 6.45. The Morgan fingerprint density at radius 3 is 2.36 bits per heavy atom. The fourth-order valence-corrected chi connectivity index (χ4v) is 4.77. The van der Waals surface area contributed by atoms with Gasteiger partial charge in [-0.05, 0) is 6.07 Å². The number of nitrogens with zero attached hydrogens (tertiary/aromatic N) is 7. The molecule has 25 heavy (non-hydrogen) atoms. The zero-order chi connectivity index (χ0) is 17.4. The second-order valence-electron chi connectivity index (χ2n) is 6.40. The summed E-state index contributed by atoms with van der Waals surface area (Å²) in [5, 5.41) is 3.95. The molecule has 0 N–H and O–H groups in total. The third-order valence-electron chi connectivity index (χ3n) is 4.81. The number of aromatic nitrogens is 4. The molecule has 0 spiro atoms. The molecule has 0 aromatic carbocycles. The number of anilines is 1. The molecule has 0 atom stereocenters. The highest BCUT2D eigenvalue weighted by Gasteiger charge is 2.40. The van der Waals surface area contributed by atoms with Gasteiger partial charge in [0.2, 0.25) is 16.0 Å². The van der Waals surface area contributed by atoms with Gasteiger partial charge in [-0.3, -0.25) is 9.58 Å². The Morgan fingerprint density at radius 2 is 1.76 bits per heavy atom. The molecule has 2 aliphatic heterocycles. The molecule has 0 radical (unpaired) electrons. The number of aryl methyl sites for hydroxylation is 1. The molecule has 9 nitrogen and oxygen atoms in total. The van der Waals surface area contributed by atoms with Gasteiger partial charge in [0.1, 0.15) is 4.90 Å². The van der Waals surface area contributed by atoms with Gasteiger partial charge in [0.05, 0.1) is 6.20 Å². The van der Waals surface area contributed by atoms with Gasteiger partial charge < -0.3 is 4.90 Å². The van der Waals surface area contributed by atoms with E-state index in [1.165, 1.54) is 15.2 Å². The number of piperazine rings is 1. The van der Waals surface area contributed by atoms with Gasteiger partial charge in [0.15, 0.2) is 0 Å². The molecule has 0 aliphatic carbocycles. The maximum absolute atomic E-state index is 12.5. The largest absolute Gasteiger partial charge is 0.338 e. The molecular weight excluding hydrogens is 342 g/mol. The lowest BCUT2D eigenvalue weighted by Gasteiger charge is -2.47. The molecule has 4 heterocycles. The molecule has 2 aromatic rings. The van der Waals surface area contributed by atoms with E-state index < -0.39 is 10.0 Å². The van der Waals surface area contributed by atoms with Crippen LogP contribution in [0.1, 0.15) is 0 Å². The highest BCUT2D eigenvalue weighted by atomic mass is 32.2. The van der Waals surface area contributed by atoms with Crippen molar-refractivity contribution in [1.82, 2.24) is 29.0 Å². The molecule has 2 aromatic heterocycles. The van der Waals surface area contributed by atoms with Gasteiger partial charge in [-0.1, -0.05) is 0 Å². The molecule has 4 rings (SSSR count). The van der Waals surface area contributed by atoms with Crippen LogP contribution in [0.5, 0.6) is 0 Å². The SMILES string of the molecule is Cn1cc(S(=O)(=O)N2CC(N3CCN(c4ncccn4)CC3)C2)cn1. The molecule has 2 fully saturated rings. The van der Waals surface area contributed by atoms with Crippen LogP contribution in [0.3, 0.4) is 0 Å². The quantitative estimate of drug-likeness (QED) is 0.717. The van der Waals surface area contributed by atoms with E-state index in [2.05, 4.69) is 24.9 Å². The molecule has 10 heteroatoms. The first-order valence-corrected chi connectivity index (χ1v) is 9.73. The van der Waals surface area contributed by atoms with Crippen molar-refractivity contribution >= 4 is 16.0 Å². The standard InChI is InChI=1S/C15H21N7O2S/c1-19-12-14(9-18-19)25(23,24)22-10-13(11-22)20-5-7-21(8-6-20)15-16-3-2-4-17-15/h2-4,9,12-13H,5-8,10-11H2,1H3. The van der Waals surface area contributed by atoms with Gasteiger partial charge in [-0.15, -0.1) is 0 Å². The third kappa shape index (κ3) is 3.12. The maximum Gasteiger partial charge on any atom is 0.246 e. The average Bonchev–Trinajstić information content (AvgIpc) is 3.02. The molecular formula is C15H21N7O2S. The van der Waals surface area contributed by atoms with E-state index in [0.29, 0.717) is 13.1 Å². The Hall–Kier alpha value is -2.04. The predicted octanol–water partition coefficient (Wildman–Crippen LogP) is -0.595. The Balaban J connectivity index is 1.32. The summed E-state index contributed by atoms with van der Waals surface area (Å²) >= 11 is 0. The van der Waals surface area contributed by atoms with Crippen molar-refractivity contribution in [3.05, 3.63) is 30.9 Å². The van der Waals surface area contributed by atoms with Gasteiger partial charge >= 0.3 is 0 Å². The molecule has 0 amide bonds. The lowest BCUT2D eigenvalue weighted by atomic mass is 10.1. The lowest BCUT2D eigenvalue weighted by Crippen LogP contribution is -2.64. The Labute approximate surface area is 146 Å². The first-order chi connectivity index (χ1) is 12.0. The summed E-state index contributed by atoms with van der Waals surface area (Å²) in [7, 11) is -1.70. The minimum Gasteiger partial charge on any atom is -0.338 e. The maximum atomic E-state index is 12.5. The molecule has 2 aliphatic rings. The van der Waals surface area contributed by atoms with Gasteiger partial charge in [-0.2, -0.15) is 9.40 Å². The fourth-order valence-electron chi connectivity index (χ4n) is 3.27. The van der Waals surface area contributed by atoms with E-state index in [9.17, 15) is 8.42 Å². The van der Waals surface area contributed by atoms with E-state index in [1.54, 1.807) is 25.6 Å². The van der Waals surface area contributed by atoms with Crippen LogP contribution < -0.4 is 4.90 Å². The number of rotatable bonds is 4. The van der Waals surface area contributed by atoms with E-state index >= 15 is 0 Å². The number of sulfonamides is 1. The van der Waals surface area contributed by atoms with Crippen LogP contribution in [-0.4, -0.2) is 82.7 Å². The van der Waals surface area contributed by atoms with Crippen molar-refractivity contribution in [1.29, 1.82) is 0 Å². The Kier molecular flexibility index (Phi) is 4.18. The van der Waals surface area contributed by atoms with E-state index in [4.69, 9.17) is 0 Å². The summed E-state index contributed by atoms with van der Waals surface area (Å²) < 4.78 is 28.1. The number of hydrogen-bond donors (Lipinski definition) is 0. The van der Waals surface area contributed by atoms with Crippen LogP contribution in [0.2, 0.25) is 0 Å². The van der Waals surface area contributed by atoms with Gasteiger partial charge in [0.25, 0.3) is 0 Å². The van der Waals surface area contributed by atoms with Gasteiger partial charge in [0, 0.05) is 70.9 Å². The van der Waals surface area contributed by atoms with Crippen molar-refractivity contribution < 1.29 is 8.42 Å². The first-order valence-electron chi connectivity index (χ1n) is 8.29. The summed E-state index contributed by atoms with van der Waals surface area (Å²) in [4.78, 5) is 13.4. The molecule has 134 valence electrons. The second kappa shape index (κ2) is 6.36. The topological polar surface area (TPSA) is 87.5 Å². The summed E-state index contributed by atoms with van der Waals surface area (Å²) in [6.45, 7) is 4.58. The first kappa shape index (κ1) is 16.4. The fraction of sp³-hybridized carbons (Fsp3) is 0.533. The summed E-state index contributed by atoms with van der Waals surface area (Å²) in [6, 6.07) is 2.09. The van der Waals surface area contributed by atoms with Crippen molar-refractivity contribution in [3.63, 3.8) is 0 Å². The second-order valence-corrected chi connectivity index (χ2v) is 8.34. The Morgan fingerprint density at radius 1 is 1.08 bits per heavy atom. The van der Waals surface area contributed by atoms with Crippen LogP contribution in [0.4, 0.5) is 5.95 Å². The van der Waals surface area contributed by atoms with E-state index in [-0.39, 0.29) is 10.9 Å². The van der Waals surface area contributed by atoms with Crippen LogP contribution in [0.25, 0.3) is 0 Å². The predicted molar refractivity (Wildman–Crippen MR) is 91.6 cm³/mol. The zero-order valence-corrected chi connectivity index (χ0v) is 14.9. The lowest BCUT2D eigenvalue weighted by molar-refractivity contribution is 0.0825. The van der Waals surface area contributed by atoms with Crippen LogP contribution >= 0.6 is 0 Å². The van der Waals surface area contributed by atoms with Gasteiger partial charge in [-0.25, -0.2) is 18.4 Å². The molecule has 0 saturated carbocycles. The molecule has 0 unspecified atom stereocenters. The smallest absolute Gasteiger partial charge is 0.246 e. The van der Waals surface area contributed by atoms with Crippen LogP contribution in [0, 0.1) is 0 Å². The van der Waals surface area contributed by atoms with Crippen molar-refractivity contribution in [2.75, 3.05) is 44.2 Å². The molecule has 2 saturated heterocycles. The summed E-state index contributed by atoms with van der Waals surface area (Å²) in [5.41, 5.74) is 0. The van der Waals surface area contributed by atoms with Crippen LogP contribution in [-0.2, 0) is 17.1 Å². The molecule has 0 bridgehead atoms. The van der Waals surface area contributed by atoms with E-state index in [0.717, 1.165) is 32.1 Å². The normalized spacial score (nSPS) is 20.6. The highest BCUT2D eigenvalue weighted by Crippen LogP contribution is 2.25. The summed E-state index contributed by atoms with van der Waals surface area (Å²) in [5.74, 6) is 0.761. The minimum atomic E-state index is -3.41. The minimum absolute atomic E-state index is 0.263. The third-order valence-corrected chi connectivity index (χ3v) is 6.60. The zero-order valence-electron chi connectivity index (χ0n) is 14.1. The number of hydrogen-bond acceptors (Lipinski definition) is 7. The van der Waals surface area contributed by atoms with E-state index in [1.807, 2.05) is 6.07 Å². The average molecular weight is 363 g/mol. The monoisotopic (exact) mass is 363 g/mol. The Bertz CT molecular complexity index is 825. The van der Waals surface area contributed by atoms with Crippen molar-refractivity contribution in [2.45, 2.75) is 10.9 Å². The highest BCUT2D eigenvalue weighted by molar-refractivity contribution is 7.89. The van der Waals surface area contributed by atoms with Crippen LogP contribution in [0.15, 0.2) is 35.7 Å². The van der Waals surface area contributed by atoms with Crippen molar-refractivity contribution in [2.24, 2.45) is 7.05 Å². The van der Waals surface area contributed by atoms with Crippen molar-refractivity contribution in [3.8, 4) is 0 Å².